The van der Waals surface area contributed by atoms with Crippen molar-refractivity contribution in [3.8, 4) is 22.3 Å². The largest absolute Gasteiger partial charge is 0.353 e. The Hall–Kier alpha value is -5.09. The molecule has 6 bridgehead atoms. The van der Waals surface area contributed by atoms with Gasteiger partial charge in [0.2, 0.25) is 0 Å². The molecule has 176 valence electrons. The van der Waals surface area contributed by atoms with Crippen LogP contribution in [0.1, 0.15) is 11.4 Å². The summed E-state index contributed by atoms with van der Waals surface area (Å²) in [6.07, 6.45) is 4.24. The lowest BCUT2D eigenvalue weighted by molar-refractivity contribution is 1.32. The number of hydrogen-bond donors (Lipinski definition) is 3. The van der Waals surface area contributed by atoms with Crippen molar-refractivity contribution in [1.82, 2.24) is 15.0 Å². The number of rotatable bonds is 4. The highest BCUT2D eigenvalue weighted by atomic mass is 14.9. The summed E-state index contributed by atoms with van der Waals surface area (Å²) in [6, 6.07) is 39.7. The number of para-hydroxylation sites is 1. The fourth-order valence-electron chi connectivity index (χ4n) is 5.05. The van der Waals surface area contributed by atoms with Gasteiger partial charge < -0.3 is 15.3 Å². The molecular weight excluding hydrogens is 452 g/mol. The number of nitrogens with one attached hydrogen (secondary N) is 3. The van der Waals surface area contributed by atoms with Gasteiger partial charge in [0.1, 0.15) is 0 Å². The Morgan fingerprint density at radius 1 is 0.459 bits per heavy atom. The summed E-state index contributed by atoms with van der Waals surface area (Å²) in [6.45, 7) is 0. The van der Waals surface area contributed by atoms with Gasteiger partial charge in [0.05, 0.1) is 28.1 Å². The van der Waals surface area contributed by atoms with Gasteiger partial charge in [-0.15, -0.1) is 0 Å². The lowest BCUT2D eigenvalue weighted by atomic mass is 10.0. The Morgan fingerprint density at radius 3 is 1.38 bits per heavy atom. The van der Waals surface area contributed by atoms with Gasteiger partial charge in [-0.05, 0) is 59.7 Å². The van der Waals surface area contributed by atoms with Gasteiger partial charge in [-0.25, -0.2) is 4.98 Å². The molecule has 3 aromatic carbocycles. The van der Waals surface area contributed by atoms with Crippen LogP contribution in [0.5, 0.6) is 0 Å². The molecule has 6 aromatic rings. The molecule has 0 atom stereocenters. The smallest absolute Gasteiger partial charge is 0.0862 e. The van der Waals surface area contributed by atoms with Crippen molar-refractivity contribution in [3.63, 3.8) is 0 Å². The number of aromatic nitrogens is 3. The summed E-state index contributed by atoms with van der Waals surface area (Å²) >= 11 is 0. The molecule has 0 saturated heterocycles. The number of H-pyrrole nitrogens is 2. The first-order chi connectivity index (χ1) is 18.3. The van der Waals surface area contributed by atoms with E-state index >= 15 is 0 Å². The Balaban J connectivity index is 1.62. The number of nitrogens with zero attached hydrogens (tertiary/aromatic N) is 1. The Labute approximate surface area is 214 Å². The zero-order valence-corrected chi connectivity index (χ0v) is 20.1. The average Bonchev–Trinajstić information content (AvgIpc) is 3.72. The summed E-state index contributed by atoms with van der Waals surface area (Å²) in [5.74, 6) is 0. The summed E-state index contributed by atoms with van der Waals surface area (Å²) in [7, 11) is 0. The van der Waals surface area contributed by atoms with Gasteiger partial charge in [0, 0.05) is 27.8 Å². The number of fused-ring (bicyclic) bond motifs is 6. The molecular formula is C33H24N4. The van der Waals surface area contributed by atoms with E-state index in [1.54, 1.807) is 0 Å². The van der Waals surface area contributed by atoms with E-state index in [-0.39, 0.29) is 0 Å². The van der Waals surface area contributed by atoms with Crippen LogP contribution in [0.15, 0.2) is 115 Å². The molecule has 0 saturated carbocycles. The van der Waals surface area contributed by atoms with Crippen LogP contribution in [-0.4, -0.2) is 15.0 Å². The van der Waals surface area contributed by atoms with Crippen molar-refractivity contribution in [2.45, 2.75) is 0 Å². The highest BCUT2D eigenvalue weighted by molar-refractivity contribution is 5.99. The number of anilines is 2. The highest BCUT2D eigenvalue weighted by Crippen LogP contribution is 2.36. The lowest BCUT2D eigenvalue weighted by Crippen LogP contribution is -1.92. The van der Waals surface area contributed by atoms with Gasteiger partial charge >= 0.3 is 0 Å². The molecule has 7 rings (SSSR count). The molecule has 4 nitrogen and oxygen atoms in total. The summed E-state index contributed by atoms with van der Waals surface area (Å²) in [5, 5.41) is 3.65. The SMILES string of the molecule is C1=Cc2nc1c(-c1ccccc1)c1ccc([nH]1)c(Nc1ccccc1)c1ccc([nH]1)c2-c1ccccc1. The molecule has 4 heterocycles. The average molecular weight is 477 g/mol. The fourth-order valence-corrected chi connectivity index (χ4v) is 5.05. The van der Waals surface area contributed by atoms with Crippen molar-refractivity contribution < 1.29 is 0 Å². The summed E-state index contributed by atoms with van der Waals surface area (Å²) in [4.78, 5) is 12.5. The molecule has 0 unspecified atom stereocenters. The van der Waals surface area contributed by atoms with Crippen molar-refractivity contribution in [3.05, 3.63) is 127 Å². The maximum Gasteiger partial charge on any atom is 0.0862 e. The molecule has 0 aliphatic carbocycles. The topological polar surface area (TPSA) is 56.5 Å². The standard InChI is InChI=1S/C33H24N4/c1-4-10-22(11-5-1)31-25-16-17-26(35-25)32(23-12-6-2-7-13-23)28-19-21-30(37-28)33(29-20-18-27(31)36-29)34-24-14-8-3-9-15-24/h1-21,34,36-37H. The van der Waals surface area contributed by atoms with Gasteiger partial charge in [0.15, 0.2) is 0 Å². The van der Waals surface area contributed by atoms with Crippen LogP contribution < -0.4 is 5.32 Å². The van der Waals surface area contributed by atoms with Crippen molar-refractivity contribution in [2.75, 3.05) is 5.32 Å². The van der Waals surface area contributed by atoms with E-state index in [1.807, 2.05) is 30.3 Å². The minimum atomic E-state index is 0.938. The first-order valence-corrected chi connectivity index (χ1v) is 12.4. The van der Waals surface area contributed by atoms with Crippen LogP contribution in [0.3, 0.4) is 0 Å². The number of hydrogen-bond acceptors (Lipinski definition) is 2. The third kappa shape index (κ3) is 3.85. The van der Waals surface area contributed by atoms with Crippen LogP contribution in [0.4, 0.5) is 11.4 Å². The lowest BCUT2D eigenvalue weighted by Gasteiger charge is -2.08. The molecule has 0 spiro atoms. The molecule has 0 amide bonds. The molecule has 1 aliphatic heterocycles. The van der Waals surface area contributed by atoms with Crippen molar-refractivity contribution >= 4 is 45.6 Å². The van der Waals surface area contributed by atoms with E-state index in [2.05, 4.69) is 112 Å². The maximum absolute atomic E-state index is 5.18. The maximum atomic E-state index is 5.18. The van der Waals surface area contributed by atoms with Crippen molar-refractivity contribution in [2.24, 2.45) is 0 Å². The molecule has 4 heteroatoms. The molecule has 3 aromatic heterocycles. The van der Waals surface area contributed by atoms with E-state index in [0.29, 0.717) is 0 Å². The molecule has 3 N–H and O–H groups in total. The number of aromatic amines is 2. The van der Waals surface area contributed by atoms with Crippen LogP contribution in [0.2, 0.25) is 0 Å². The summed E-state index contributed by atoms with van der Waals surface area (Å²) < 4.78 is 0. The Kier molecular flexibility index (Phi) is 5.07. The van der Waals surface area contributed by atoms with Gasteiger partial charge in [-0.3, -0.25) is 0 Å². The molecule has 1 aliphatic rings. The van der Waals surface area contributed by atoms with Gasteiger partial charge in [-0.2, -0.15) is 0 Å². The quantitative estimate of drug-likeness (QED) is 0.238. The normalized spacial score (nSPS) is 11.7. The van der Waals surface area contributed by atoms with E-state index in [1.165, 1.54) is 0 Å². The van der Waals surface area contributed by atoms with Gasteiger partial charge in [0.25, 0.3) is 0 Å². The third-order valence-electron chi connectivity index (χ3n) is 6.77. The van der Waals surface area contributed by atoms with Crippen LogP contribution >= 0.6 is 0 Å². The second-order valence-corrected chi connectivity index (χ2v) is 9.14. The zero-order valence-electron chi connectivity index (χ0n) is 20.1. The predicted molar refractivity (Wildman–Crippen MR) is 155 cm³/mol. The van der Waals surface area contributed by atoms with E-state index in [9.17, 15) is 0 Å². The zero-order chi connectivity index (χ0) is 24.6. The first kappa shape index (κ1) is 21.2. The second-order valence-electron chi connectivity index (χ2n) is 9.14. The fraction of sp³-hybridized carbons (Fsp3) is 0. The number of benzene rings is 3. The van der Waals surface area contributed by atoms with E-state index in [0.717, 1.165) is 67.1 Å². The predicted octanol–water partition coefficient (Wildman–Crippen LogP) is 8.73. The Bertz CT molecular complexity index is 1720. The first-order valence-electron chi connectivity index (χ1n) is 12.4. The van der Waals surface area contributed by atoms with Crippen LogP contribution in [0, 0.1) is 0 Å². The second kappa shape index (κ2) is 8.85. The molecule has 37 heavy (non-hydrogen) atoms. The summed E-state index contributed by atoms with van der Waals surface area (Å²) in [5.41, 5.74) is 12.3. The van der Waals surface area contributed by atoms with E-state index < -0.39 is 0 Å². The molecule has 0 radical (unpaired) electrons. The highest BCUT2D eigenvalue weighted by Gasteiger charge is 2.16. The van der Waals surface area contributed by atoms with Crippen molar-refractivity contribution in [1.29, 1.82) is 0 Å². The van der Waals surface area contributed by atoms with Crippen LogP contribution in [-0.2, 0) is 0 Å². The molecule has 0 fully saturated rings. The minimum absolute atomic E-state index is 0.938. The minimum Gasteiger partial charge on any atom is -0.353 e. The monoisotopic (exact) mass is 476 g/mol. The Morgan fingerprint density at radius 2 is 0.892 bits per heavy atom. The van der Waals surface area contributed by atoms with E-state index in [4.69, 9.17) is 4.98 Å². The third-order valence-corrected chi connectivity index (χ3v) is 6.77. The van der Waals surface area contributed by atoms with Gasteiger partial charge in [-0.1, -0.05) is 78.9 Å². The van der Waals surface area contributed by atoms with Crippen LogP contribution in [0.25, 0.3) is 56.5 Å².